The van der Waals surface area contributed by atoms with Gasteiger partial charge in [0.25, 0.3) is 0 Å². The number of ether oxygens (including phenoxy) is 1. The number of rotatable bonds is 2. The molecule has 0 bridgehead atoms. The summed E-state index contributed by atoms with van der Waals surface area (Å²) in [5, 5.41) is 0.810. The fourth-order valence-electron chi connectivity index (χ4n) is 2.58. The fraction of sp³-hybridized carbons (Fsp3) is 0.158. The molecule has 0 spiro atoms. The third kappa shape index (κ3) is 2.58. The molecule has 0 unspecified atom stereocenters. The number of hydrogen-bond donors (Lipinski definition) is 0. The maximum absolute atomic E-state index is 12.6. The molecule has 3 heteroatoms. The molecule has 0 saturated carbocycles. The first-order chi connectivity index (χ1) is 10.6. The molecule has 1 heterocycles. The lowest BCUT2D eigenvalue weighted by atomic mass is 10.1. The van der Waals surface area contributed by atoms with Crippen molar-refractivity contribution in [2.45, 2.75) is 20.8 Å². The SMILES string of the molecule is Cc1cc(C(=O)Oc2c(C)cccc2C)c2ccccc2n1. The zero-order chi connectivity index (χ0) is 15.7. The van der Waals surface area contributed by atoms with E-state index in [1.54, 1.807) is 6.07 Å². The first kappa shape index (κ1) is 14.3. The molecule has 0 aliphatic carbocycles. The highest BCUT2D eigenvalue weighted by Crippen LogP contribution is 2.25. The number of para-hydroxylation sites is 2. The van der Waals surface area contributed by atoms with Crippen LogP contribution in [0.4, 0.5) is 0 Å². The van der Waals surface area contributed by atoms with Gasteiger partial charge in [-0.3, -0.25) is 4.98 Å². The minimum Gasteiger partial charge on any atom is -0.422 e. The van der Waals surface area contributed by atoms with Crippen molar-refractivity contribution in [2.24, 2.45) is 0 Å². The Hall–Kier alpha value is -2.68. The Morgan fingerprint density at radius 1 is 0.955 bits per heavy atom. The molecular weight excluding hydrogens is 274 g/mol. The second-order valence-corrected chi connectivity index (χ2v) is 5.44. The highest BCUT2D eigenvalue weighted by Gasteiger charge is 2.16. The molecule has 0 aliphatic heterocycles. The lowest BCUT2D eigenvalue weighted by Gasteiger charge is -2.12. The van der Waals surface area contributed by atoms with E-state index in [1.165, 1.54) is 0 Å². The molecule has 3 aromatic rings. The zero-order valence-electron chi connectivity index (χ0n) is 12.9. The van der Waals surface area contributed by atoms with Crippen molar-refractivity contribution in [3.8, 4) is 5.75 Å². The predicted octanol–water partition coefficient (Wildman–Crippen LogP) is 4.38. The molecule has 0 atom stereocenters. The lowest BCUT2D eigenvalue weighted by molar-refractivity contribution is 0.0734. The summed E-state index contributed by atoms with van der Waals surface area (Å²) in [7, 11) is 0. The molecule has 1 aromatic heterocycles. The van der Waals surface area contributed by atoms with Gasteiger partial charge in [0, 0.05) is 11.1 Å². The minimum atomic E-state index is -0.348. The molecule has 3 rings (SSSR count). The second kappa shape index (κ2) is 5.60. The maximum Gasteiger partial charge on any atom is 0.344 e. The van der Waals surface area contributed by atoms with Crippen LogP contribution in [0.3, 0.4) is 0 Å². The van der Waals surface area contributed by atoms with Gasteiger partial charge in [0.1, 0.15) is 5.75 Å². The molecule has 0 fully saturated rings. The highest BCUT2D eigenvalue weighted by atomic mass is 16.5. The first-order valence-corrected chi connectivity index (χ1v) is 7.21. The van der Waals surface area contributed by atoms with Gasteiger partial charge in [-0.15, -0.1) is 0 Å². The summed E-state index contributed by atoms with van der Waals surface area (Å²) < 4.78 is 5.66. The number of fused-ring (bicyclic) bond motifs is 1. The van der Waals surface area contributed by atoms with Gasteiger partial charge in [0.15, 0.2) is 0 Å². The summed E-state index contributed by atoms with van der Waals surface area (Å²) in [5.41, 5.74) is 4.04. The van der Waals surface area contributed by atoms with Crippen molar-refractivity contribution in [1.29, 1.82) is 0 Å². The van der Waals surface area contributed by atoms with Crippen LogP contribution >= 0.6 is 0 Å². The van der Waals surface area contributed by atoms with Gasteiger partial charge in [-0.05, 0) is 44.0 Å². The number of hydrogen-bond acceptors (Lipinski definition) is 3. The van der Waals surface area contributed by atoms with Gasteiger partial charge < -0.3 is 4.74 Å². The number of pyridine rings is 1. The molecule has 2 aromatic carbocycles. The molecular formula is C19H17NO2. The van der Waals surface area contributed by atoms with Crippen LogP contribution in [0.1, 0.15) is 27.2 Å². The van der Waals surface area contributed by atoms with Crippen LogP contribution in [0.5, 0.6) is 5.75 Å². The van der Waals surface area contributed by atoms with Crippen molar-refractivity contribution in [3.63, 3.8) is 0 Å². The zero-order valence-corrected chi connectivity index (χ0v) is 12.9. The molecule has 3 nitrogen and oxygen atoms in total. The van der Waals surface area contributed by atoms with Crippen molar-refractivity contribution >= 4 is 16.9 Å². The third-order valence-corrected chi connectivity index (χ3v) is 3.67. The molecule has 0 saturated heterocycles. The van der Waals surface area contributed by atoms with Gasteiger partial charge >= 0.3 is 5.97 Å². The smallest absolute Gasteiger partial charge is 0.344 e. The van der Waals surface area contributed by atoms with Gasteiger partial charge in [0.2, 0.25) is 0 Å². The van der Waals surface area contributed by atoms with E-state index in [0.717, 1.165) is 27.7 Å². The Kier molecular flexibility index (Phi) is 3.63. The average molecular weight is 291 g/mol. The summed E-state index contributed by atoms with van der Waals surface area (Å²) in [6.45, 7) is 5.75. The van der Waals surface area contributed by atoms with E-state index < -0.39 is 0 Å². The summed E-state index contributed by atoms with van der Waals surface area (Å²) >= 11 is 0. The monoisotopic (exact) mass is 291 g/mol. The number of nitrogens with zero attached hydrogens (tertiary/aromatic N) is 1. The standard InChI is InChI=1S/C19H17NO2/c1-12-7-6-8-13(2)18(12)22-19(21)16-11-14(3)20-17-10-5-4-9-15(16)17/h4-11H,1-3H3. The van der Waals surface area contributed by atoms with E-state index in [4.69, 9.17) is 4.74 Å². The number of aryl methyl sites for hydroxylation is 3. The second-order valence-electron chi connectivity index (χ2n) is 5.44. The van der Waals surface area contributed by atoms with Crippen molar-refractivity contribution in [1.82, 2.24) is 4.98 Å². The van der Waals surface area contributed by atoms with Crippen LogP contribution in [0.15, 0.2) is 48.5 Å². The minimum absolute atomic E-state index is 0.348. The Morgan fingerprint density at radius 2 is 1.64 bits per heavy atom. The van der Waals surface area contributed by atoms with Crippen molar-refractivity contribution in [3.05, 3.63) is 70.9 Å². The number of aromatic nitrogens is 1. The van der Waals surface area contributed by atoms with Crippen molar-refractivity contribution in [2.75, 3.05) is 0 Å². The van der Waals surface area contributed by atoms with Gasteiger partial charge in [-0.25, -0.2) is 4.79 Å². The molecule has 0 amide bonds. The van der Waals surface area contributed by atoms with E-state index in [1.807, 2.05) is 63.2 Å². The Bertz CT molecular complexity index is 848. The first-order valence-electron chi connectivity index (χ1n) is 7.21. The third-order valence-electron chi connectivity index (χ3n) is 3.67. The molecule has 22 heavy (non-hydrogen) atoms. The highest BCUT2D eigenvalue weighted by molar-refractivity contribution is 6.04. The number of esters is 1. The quantitative estimate of drug-likeness (QED) is 0.519. The Morgan fingerprint density at radius 3 is 2.36 bits per heavy atom. The van der Waals surface area contributed by atoms with E-state index in [-0.39, 0.29) is 5.97 Å². The van der Waals surface area contributed by atoms with E-state index >= 15 is 0 Å². The summed E-state index contributed by atoms with van der Waals surface area (Å²) in [6, 6.07) is 15.2. The predicted molar refractivity (Wildman–Crippen MR) is 87.4 cm³/mol. The Balaban J connectivity index is 2.06. The maximum atomic E-state index is 12.6. The molecule has 110 valence electrons. The van der Waals surface area contributed by atoms with Crippen LogP contribution in [-0.4, -0.2) is 11.0 Å². The Labute approximate surface area is 129 Å². The van der Waals surface area contributed by atoms with E-state index in [2.05, 4.69) is 4.98 Å². The van der Waals surface area contributed by atoms with Crippen LogP contribution in [0, 0.1) is 20.8 Å². The van der Waals surface area contributed by atoms with Crippen LogP contribution in [-0.2, 0) is 0 Å². The van der Waals surface area contributed by atoms with Crippen molar-refractivity contribution < 1.29 is 9.53 Å². The van der Waals surface area contributed by atoms with E-state index in [9.17, 15) is 4.79 Å². The molecule has 0 N–H and O–H groups in total. The topological polar surface area (TPSA) is 39.2 Å². The normalized spacial score (nSPS) is 10.7. The number of carbonyl (C=O) groups is 1. The lowest BCUT2D eigenvalue weighted by Crippen LogP contribution is -2.11. The van der Waals surface area contributed by atoms with E-state index in [0.29, 0.717) is 11.3 Å². The van der Waals surface area contributed by atoms with Crippen LogP contribution in [0.25, 0.3) is 10.9 Å². The summed E-state index contributed by atoms with van der Waals surface area (Å²) in [4.78, 5) is 17.1. The molecule has 0 radical (unpaired) electrons. The van der Waals surface area contributed by atoms with Gasteiger partial charge in [-0.2, -0.15) is 0 Å². The fourth-order valence-corrected chi connectivity index (χ4v) is 2.58. The van der Waals surface area contributed by atoms with Crippen LogP contribution in [0.2, 0.25) is 0 Å². The average Bonchev–Trinajstić information content (AvgIpc) is 2.50. The van der Waals surface area contributed by atoms with Crippen LogP contribution < -0.4 is 4.74 Å². The number of benzene rings is 2. The summed E-state index contributed by atoms with van der Waals surface area (Å²) in [6.07, 6.45) is 0. The molecule has 0 aliphatic rings. The van der Waals surface area contributed by atoms with Gasteiger partial charge in [0.05, 0.1) is 11.1 Å². The largest absolute Gasteiger partial charge is 0.422 e. The number of carbonyl (C=O) groups excluding carboxylic acids is 1. The summed E-state index contributed by atoms with van der Waals surface area (Å²) in [5.74, 6) is 0.283. The van der Waals surface area contributed by atoms with Gasteiger partial charge in [-0.1, -0.05) is 36.4 Å².